The fourth-order valence-corrected chi connectivity index (χ4v) is 6.68. The first-order valence-electron chi connectivity index (χ1n) is 23.8. The van der Waals surface area contributed by atoms with E-state index in [2.05, 4.69) is 98.9 Å². The molecule has 0 aliphatic carbocycles. The lowest BCUT2D eigenvalue weighted by Crippen LogP contribution is -2.61. The Morgan fingerprint density at radius 1 is 0.485 bits per heavy atom. The lowest BCUT2D eigenvalue weighted by Gasteiger charge is -2.42. The molecular formula is C51H80O15. The van der Waals surface area contributed by atoms with E-state index >= 15 is 0 Å². The molecule has 2 rings (SSSR count). The van der Waals surface area contributed by atoms with Crippen molar-refractivity contribution in [1.82, 2.24) is 0 Å². The summed E-state index contributed by atoms with van der Waals surface area (Å²) in [6, 6.07) is 0. The first-order chi connectivity index (χ1) is 32.0. The van der Waals surface area contributed by atoms with Crippen LogP contribution < -0.4 is 0 Å². The van der Waals surface area contributed by atoms with Crippen molar-refractivity contribution in [3.8, 4) is 0 Å². The molecule has 15 heteroatoms. The molecule has 0 aromatic carbocycles. The molecule has 2 aliphatic rings. The molecule has 2 saturated heterocycles. The van der Waals surface area contributed by atoms with Crippen LogP contribution in [0.3, 0.4) is 0 Å². The van der Waals surface area contributed by atoms with Crippen LogP contribution in [-0.4, -0.2) is 142 Å². The molecule has 0 aromatic rings. The Hall–Kier alpha value is -3.58. The predicted molar refractivity (Wildman–Crippen MR) is 252 cm³/mol. The van der Waals surface area contributed by atoms with Crippen molar-refractivity contribution in [2.24, 2.45) is 0 Å². The molecule has 2 aliphatic heterocycles. The number of allylic oxidation sites excluding steroid dienone is 16. The number of ether oxygens (including phenoxy) is 6. The number of hydrogen-bond donors (Lipinski definition) is 7. The fraction of sp³-hybridized carbons (Fsp3) is 0.647. The van der Waals surface area contributed by atoms with Crippen molar-refractivity contribution in [2.45, 2.75) is 184 Å². The summed E-state index contributed by atoms with van der Waals surface area (Å²) in [5.41, 5.74) is 0. The van der Waals surface area contributed by atoms with Crippen molar-refractivity contribution < 1.29 is 73.8 Å². The summed E-state index contributed by atoms with van der Waals surface area (Å²) in [7, 11) is 0. The molecule has 0 aromatic heterocycles. The Kier molecular flexibility index (Phi) is 33.2. The number of esters is 2. The van der Waals surface area contributed by atoms with E-state index < -0.39 is 99.3 Å². The Balaban J connectivity index is 1.88. The number of carbonyl (C=O) groups is 2. The summed E-state index contributed by atoms with van der Waals surface area (Å²) in [6.07, 6.45) is 28.8. The molecule has 15 nitrogen and oxygen atoms in total. The topological polar surface area (TPSA) is 231 Å². The molecule has 2 heterocycles. The molecule has 0 bridgehead atoms. The van der Waals surface area contributed by atoms with E-state index in [9.17, 15) is 45.3 Å². The van der Waals surface area contributed by atoms with Crippen molar-refractivity contribution in [3.05, 3.63) is 97.2 Å². The summed E-state index contributed by atoms with van der Waals surface area (Å²) in [5, 5.41) is 71.9. The first kappa shape index (κ1) is 58.5. The smallest absolute Gasteiger partial charge is 0.306 e. The van der Waals surface area contributed by atoms with Gasteiger partial charge < -0.3 is 64.2 Å². The van der Waals surface area contributed by atoms with Gasteiger partial charge >= 0.3 is 11.9 Å². The molecule has 0 radical (unpaired) electrons. The van der Waals surface area contributed by atoms with Crippen LogP contribution in [0.4, 0.5) is 0 Å². The normalized spacial score (nSPS) is 27.0. The molecule has 11 atom stereocenters. The maximum Gasteiger partial charge on any atom is 0.306 e. The van der Waals surface area contributed by atoms with Crippen molar-refractivity contribution in [3.63, 3.8) is 0 Å². The van der Waals surface area contributed by atoms with Crippen LogP contribution in [0.2, 0.25) is 0 Å². The van der Waals surface area contributed by atoms with Crippen LogP contribution in [0, 0.1) is 0 Å². The number of aliphatic hydroxyl groups is 7. The zero-order valence-electron chi connectivity index (χ0n) is 39.1. The van der Waals surface area contributed by atoms with E-state index in [1.165, 1.54) is 0 Å². The van der Waals surface area contributed by atoms with Crippen molar-refractivity contribution >= 4 is 11.9 Å². The standard InChI is InChI=1S/C51H80O15/c1-3-5-7-9-11-13-15-17-18-19-20-22-24-26-28-30-32-34-43(54)64-39(36-61-42(53)33-31-29-27-25-23-21-16-14-12-10-8-6-4-2)37-62-50-49(60)47(58)45(56)41(66-50)38-63-51-48(59)46(57)44(55)40(35-52)65-51/h5-8,11-14,17-18,20-23,26,28,39-41,44-52,55-60H,3-4,9-10,15-16,19,24-25,27,29-38H2,1-2H3/b7-5-,8-6-,13-11-,14-12-,18-17-,22-20-,23-21-,28-26-. The van der Waals surface area contributed by atoms with Gasteiger partial charge in [0.05, 0.1) is 19.8 Å². The van der Waals surface area contributed by atoms with Crippen LogP contribution in [-0.2, 0) is 38.0 Å². The fourth-order valence-electron chi connectivity index (χ4n) is 6.68. The second-order valence-corrected chi connectivity index (χ2v) is 16.2. The lowest BCUT2D eigenvalue weighted by atomic mass is 9.98. The highest BCUT2D eigenvalue weighted by molar-refractivity contribution is 5.70. The van der Waals surface area contributed by atoms with Gasteiger partial charge in [0.25, 0.3) is 0 Å². The maximum absolute atomic E-state index is 12.9. The van der Waals surface area contributed by atoms with Gasteiger partial charge in [-0.3, -0.25) is 9.59 Å². The number of unbranched alkanes of at least 4 members (excludes halogenated alkanes) is 4. The summed E-state index contributed by atoms with van der Waals surface area (Å²) in [6.45, 7) is 2.22. The molecule has 0 amide bonds. The number of rotatable bonds is 34. The SMILES string of the molecule is CC/C=C\C/C=C\C/C=C\C/C=C\C/C=C\CCCC(=O)OC(COC(=O)CCCCC/C=C\C/C=C\C/C=C\CC)COC1OC(COC2OC(CO)C(O)C(O)C2O)C(O)C(O)C1O. The lowest BCUT2D eigenvalue weighted by molar-refractivity contribution is -0.332. The van der Waals surface area contributed by atoms with Gasteiger partial charge in [0.15, 0.2) is 18.7 Å². The van der Waals surface area contributed by atoms with Gasteiger partial charge in [0.2, 0.25) is 0 Å². The van der Waals surface area contributed by atoms with Crippen LogP contribution in [0.1, 0.15) is 117 Å². The van der Waals surface area contributed by atoms with Gasteiger partial charge in [-0.15, -0.1) is 0 Å². The van der Waals surface area contributed by atoms with Gasteiger partial charge in [0.1, 0.15) is 55.4 Å². The Morgan fingerprint density at radius 3 is 1.44 bits per heavy atom. The van der Waals surface area contributed by atoms with Crippen LogP contribution >= 0.6 is 0 Å². The highest BCUT2D eigenvalue weighted by Gasteiger charge is 2.47. The minimum absolute atomic E-state index is 0.0740. The van der Waals surface area contributed by atoms with Gasteiger partial charge in [-0.05, 0) is 83.5 Å². The van der Waals surface area contributed by atoms with Gasteiger partial charge in [-0.1, -0.05) is 117 Å². The highest BCUT2D eigenvalue weighted by Crippen LogP contribution is 2.26. The van der Waals surface area contributed by atoms with E-state index in [-0.39, 0.29) is 19.4 Å². The van der Waals surface area contributed by atoms with E-state index in [0.29, 0.717) is 19.3 Å². The van der Waals surface area contributed by atoms with Crippen LogP contribution in [0.5, 0.6) is 0 Å². The van der Waals surface area contributed by atoms with Gasteiger partial charge in [0, 0.05) is 12.8 Å². The minimum Gasteiger partial charge on any atom is -0.462 e. The largest absolute Gasteiger partial charge is 0.462 e. The van der Waals surface area contributed by atoms with Crippen molar-refractivity contribution in [1.29, 1.82) is 0 Å². The molecule has 66 heavy (non-hydrogen) atoms. The molecule has 0 spiro atoms. The van der Waals surface area contributed by atoms with Gasteiger partial charge in [-0.25, -0.2) is 0 Å². The second-order valence-electron chi connectivity index (χ2n) is 16.2. The van der Waals surface area contributed by atoms with E-state index in [0.717, 1.165) is 70.6 Å². The van der Waals surface area contributed by atoms with E-state index in [1.54, 1.807) is 0 Å². The molecule has 0 saturated carbocycles. The minimum atomic E-state index is -1.78. The Labute approximate surface area is 392 Å². The molecule has 2 fully saturated rings. The first-order valence-corrected chi connectivity index (χ1v) is 23.8. The zero-order chi connectivity index (χ0) is 48.2. The monoisotopic (exact) mass is 933 g/mol. The number of carbonyl (C=O) groups excluding carboxylic acids is 2. The quantitative estimate of drug-likeness (QED) is 0.0229. The molecule has 11 unspecified atom stereocenters. The van der Waals surface area contributed by atoms with Crippen molar-refractivity contribution in [2.75, 3.05) is 26.4 Å². The third kappa shape index (κ3) is 25.5. The predicted octanol–water partition coefficient (Wildman–Crippen LogP) is 5.81. The number of aliphatic hydroxyl groups excluding tert-OH is 7. The third-order valence-corrected chi connectivity index (χ3v) is 10.6. The average Bonchev–Trinajstić information content (AvgIpc) is 3.31. The highest BCUT2D eigenvalue weighted by atomic mass is 16.7. The van der Waals surface area contributed by atoms with E-state index in [1.807, 2.05) is 12.2 Å². The van der Waals surface area contributed by atoms with Crippen LogP contribution in [0.15, 0.2) is 97.2 Å². The zero-order valence-corrected chi connectivity index (χ0v) is 39.1. The molecular weight excluding hydrogens is 853 g/mol. The molecule has 7 N–H and O–H groups in total. The number of hydrogen-bond acceptors (Lipinski definition) is 15. The summed E-state index contributed by atoms with van der Waals surface area (Å²) >= 11 is 0. The van der Waals surface area contributed by atoms with Crippen LogP contribution in [0.25, 0.3) is 0 Å². The maximum atomic E-state index is 12.9. The summed E-state index contributed by atoms with van der Waals surface area (Å²) < 4.78 is 33.4. The van der Waals surface area contributed by atoms with E-state index in [4.69, 9.17) is 28.4 Å². The third-order valence-electron chi connectivity index (χ3n) is 10.6. The Morgan fingerprint density at radius 2 is 0.924 bits per heavy atom. The Bertz CT molecular complexity index is 1520. The second kappa shape index (κ2) is 37.4. The summed E-state index contributed by atoms with van der Waals surface area (Å²) in [5.74, 6) is -1.04. The van der Waals surface area contributed by atoms with Gasteiger partial charge in [-0.2, -0.15) is 0 Å². The molecule has 374 valence electrons. The average molecular weight is 933 g/mol. The summed E-state index contributed by atoms with van der Waals surface area (Å²) in [4.78, 5) is 25.7.